The number of hydrogen-bond acceptors (Lipinski definition) is 3. The number of aromatic nitrogens is 4. The number of anilines is 1. The summed E-state index contributed by atoms with van der Waals surface area (Å²) in [6.45, 7) is 2.49. The van der Waals surface area contributed by atoms with Crippen LogP contribution < -0.4 is 5.32 Å². The third-order valence-electron chi connectivity index (χ3n) is 3.31. The van der Waals surface area contributed by atoms with Crippen LogP contribution in [0.3, 0.4) is 0 Å². The topological polar surface area (TPSA) is 64.7 Å². The summed E-state index contributed by atoms with van der Waals surface area (Å²) >= 11 is 3.33. The van der Waals surface area contributed by atoms with Crippen molar-refractivity contribution in [3.8, 4) is 5.69 Å². The number of benzene rings is 1. The second kappa shape index (κ2) is 6.78. The van der Waals surface area contributed by atoms with Crippen molar-refractivity contribution in [2.45, 2.75) is 19.9 Å². The summed E-state index contributed by atoms with van der Waals surface area (Å²) in [5.41, 5.74) is 2.69. The van der Waals surface area contributed by atoms with Gasteiger partial charge < -0.3 is 5.32 Å². The maximum absolute atomic E-state index is 12.0. The largest absolute Gasteiger partial charge is 0.326 e. The molecular formula is C16H16BrN5O. The van der Waals surface area contributed by atoms with Gasteiger partial charge in [0.25, 0.3) is 0 Å². The number of carbonyl (C=O) groups excluding carboxylic acids is 1. The van der Waals surface area contributed by atoms with Gasteiger partial charge in [-0.3, -0.25) is 9.48 Å². The number of amides is 1. The molecule has 2 aromatic heterocycles. The third kappa shape index (κ3) is 4.07. The smallest absolute Gasteiger partial charge is 0.226 e. The Bertz CT molecular complexity index is 806. The standard InChI is InChI=1S/C16H16BrN5O/c1-12-6-9-22(20-12)15-4-2-14(3-5-15)19-16(23)7-8-21-11-13(17)10-18-21/h2-6,9-11H,7-8H2,1H3,(H,19,23). The molecule has 0 bridgehead atoms. The summed E-state index contributed by atoms with van der Waals surface area (Å²) in [4.78, 5) is 12.0. The maximum Gasteiger partial charge on any atom is 0.226 e. The van der Waals surface area contributed by atoms with E-state index in [0.717, 1.165) is 21.5 Å². The van der Waals surface area contributed by atoms with E-state index < -0.39 is 0 Å². The quantitative estimate of drug-likeness (QED) is 0.746. The van der Waals surface area contributed by atoms with Gasteiger partial charge in [-0.1, -0.05) is 0 Å². The van der Waals surface area contributed by atoms with E-state index in [0.29, 0.717) is 13.0 Å². The fraction of sp³-hybridized carbons (Fsp3) is 0.188. The molecule has 0 aliphatic heterocycles. The number of hydrogen-bond donors (Lipinski definition) is 1. The molecule has 6 nitrogen and oxygen atoms in total. The van der Waals surface area contributed by atoms with Gasteiger partial charge in [0.2, 0.25) is 5.91 Å². The zero-order valence-corrected chi connectivity index (χ0v) is 14.2. The van der Waals surface area contributed by atoms with Gasteiger partial charge in [-0.05, 0) is 53.2 Å². The molecule has 1 amide bonds. The highest BCUT2D eigenvalue weighted by atomic mass is 79.9. The van der Waals surface area contributed by atoms with E-state index in [4.69, 9.17) is 0 Å². The normalized spacial score (nSPS) is 10.7. The highest BCUT2D eigenvalue weighted by Crippen LogP contribution is 2.13. The molecule has 1 N–H and O–H groups in total. The second-order valence-electron chi connectivity index (χ2n) is 5.17. The highest BCUT2D eigenvalue weighted by molar-refractivity contribution is 9.10. The molecule has 0 saturated carbocycles. The van der Waals surface area contributed by atoms with Gasteiger partial charge in [-0.15, -0.1) is 0 Å². The Morgan fingerprint density at radius 2 is 2.04 bits per heavy atom. The van der Waals surface area contributed by atoms with Crippen molar-refractivity contribution in [3.63, 3.8) is 0 Å². The highest BCUT2D eigenvalue weighted by Gasteiger charge is 2.05. The molecule has 0 aliphatic rings. The molecule has 3 aromatic rings. The van der Waals surface area contributed by atoms with Crippen LogP contribution in [0.25, 0.3) is 5.69 Å². The van der Waals surface area contributed by atoms with Crippen LogP contribution >= 0.6 is 15.9 Å². The van der Waals surface area contributed by atoms with Crippen LogP contribution in [0.4, 0.5) is 5.69 Å². The SMILES string of the molecule is Cc1ccn(-c2ccc(NC(=O)CCn3cc(Br)cn3)cc2)n1. The second-order valence-corrected chi connectivity index (χ2v) is 6.08. The number of carbonyl (C=O) groups is 1. The van der Waals surface area contributed by atoms with Gasteiger partial charge in [-0.2, -0.15) is 10.2 Å². The predicted molar refractivity (Wildman–Crippen MR) is 91.5 cm³/mol. The minimum absolute atomic E-state index is 0.0423. The lowest BCUT2D eigenvalue weighted by atomic mass is 10.2. The van der Waals surface area contributed by atoms with Crippen molar-refractivity contribution in [2.75, 3.05) is 5.32 Å². The molecule has 3 rings (SSSR count). The summed E-state index contributed by atoms with van der Waals surface area (Å²) in [6, 6.07) is 9.53. The Morgan fingerprint density at radius 1 is 1.26 bits per heavy atom. The molecule has 7 heteroatoms. The lowest BCUT2D eigenvalue weighted by Gasteiger charge is -2.07. The molecular weight excluding hydrogens is 358 g/mol. The summed E-state index contributed by atoms with van der Waals surface area (Å²) in [5.74, 6) is -0.0423. The minimum atomic E-state index is -0.0423. The number of halogens is 1. The van der Waals surface area contributed by atoms with Crippen LogP contribution in [0.1, 0.15) is 12.1 Å². The van der Waals surface area contributed by atoms with E-state index in [1.807, 2.05) is 49.6 Å². The molecule has 0 saturated heterocycles. The van der Waals surface area contributed by atoms with Gasteiger partial charge in [0.05, 0.1) is 22.1 Å². The summed E-state index contributed by atoms with van der Waals surface area (Å²) < 4.78 is 4.44. The molecule has 0 fully saturated rings. The monoisotopic (exact) mass is 373 g/mol. The number of nitrogens with zero attached hydrogens (tertiary/aromatic N) is 4. The fourth-order valence-corrected chi connectivity index (χ4v) is 2.48. The van der Waals surface area contributed by atoms with Gasteiger partial charge in [0.1, 0.15) is 0 Å². The van der Waals surface area contributed by atoms with Crippen LogP contribution in [-0.4, -0.2) is 25.5 Å². The van der Waals surface area contributed by atoms with Crippen LogP contribution in [-0.2, 0) is 11.3 Å². The molecule has 0 atom stereocenters. The molecule has 23 heavy (non-hydrogen) atoms. The van der Waals surface area contributed by atoms with Gasteiger partial charge in [-0.25, -0.2) is 4.68 Å². The van der Waals surface area contributed by atoms with Crippen molar-refractivity contribution < 1.29 is 4.79 Å². The third-order valence-corrected chi connectivity index (χ3v) is 3.72. The van der Waals surface area contributed by atoms with Gasteiger partial charge in [0, 0.05) is 31.0 Å². The van der Waals surface area contributed by atoms with E-state index in [1.165, 1.54) is 0 Å². The van der Waals surface area contributed by atoms with Crippen molar-refractivity contribution >= 4 is 27.5 Å². The van der Waals surface area contributed by atoms with E-state index in [2.05, 4.69) is 31.4 Å². The van der Waals surface area contributed by atoms with E-state index in [1.54, 1.807) is 15.6 Å². The first-order chi connectivity index (χ1) is 11.1. The Balaban J connectivity index is 1.56. The molecule has 1 aromatic carbocycles. The van der Waals surface area contributed by atoms with Crippen LogP contribution in [0.15, 0.2) is 53.4 Å². The lowest BCUT2D eigenvalue weighted by Crippen LogP contribution is -2.14. The van der Waals surface area contributed by atoms with E-state index >= 15 is 0 Å². The Labute approximate surface area is 142 Å². The summed E-state index contributed by atoms with van der Waals surface area (Å²) in [6.07, 6.45) is 5.82. The van der Waals surface area contributed by atoms with Crippen LogP contribution in [0.5, 0.6) is 0 Å². The van der Waals surface area contributed by atoms with Crippen molar-refractivity contribution in [1.82, 2.24) is 19.6 Å². The zero-order chi connectivity index (χ0) is 16.2. The maximum atomic E-state index is 12.0. The van der Waals surface area contributed by atoms with Crippen LogP contribution in [0.2, 0.25) is 0 Å². The first-order valence-corrected chi connectivity index (χ1v) is 8.00. The zero-order valence-electron chi connectivity index (χ0n) is 12.6. The first-order valence-electron chi connectivity index (χ1n) is 7.21. The van der Waals surface area contributed by atoms with Gasteiger partial charge in [0.15, 0.2) is 0 Å². The van der Waals surface area contributed by atoms with Crippen molar-refractivity contribution in [3.05, 3.63) is 59.1 Å². The molecule has 0 radical (unpaired) electrons. The number of nitrogens with one attached hydrogen (secondary N) is 1. The molecule has 0 unspecified atom stereocenters. The molecule has 0 spiro atoms. The number of aryl methyl sites for hydroxylation is 2. The Morgan fingerprint density at radius 3 is 2.65 bits per heavy atom. The average molecular weight is 374 g/mol. The number of rotatable bonds is 5. The molecule has 0 aliphatic carbocycles. The average Bonchev–Trinajstić information content (AvgIpc) is 3.15. The van der Waals surface area contributed by atoms with Crippen molar-refractivity contribution in [1.29, 1.82) is 0 Å². The minimum Gasteiger partial charge on any atom is -0.326 e. The van der Waals surface area contributed by atoms with Crippen molar-refractivity contribution in [2.24, 2.45) is 0 Å². The fourth-order valence-electron chi connectivity index (χ4n) is 2.16. The lowest BCUT2D eigenvalue weighted by molar-refractivity contribution is -0.116. The van der Waals surface area contributed by atoms with E-state index in [9.17, 15) is 4.79 Å². The molecule has 118 valence electrons. The van der Waals surface area contributed by atoms with E-state index in [-0.39, 0.29) is 5.91 Å². The molecule has 2 heterocycles. The predicted octanol–water partition coefficient (Wildman–Crippen LogP) is 3.17. The van der Waals surface area contributed by atoms with Crippen LogP contribution in [0, 0.1) is 6.92 Å². The Hall–Kier alpha value is -2.41. The first kappa shape index (κ1) is 15.5. The summed E-state index contributed by atoms with van der Waals surface area (Å²) in [5, 5.41) is 11.4. The Kier molecular flexibility index (Phi) is 4.57. The van der Waals surface area contributed by atoms with Gasteiger partial charge >= 0.3 is 0 Å². The summed E-state index contributed by atoms with van der Waals surface area (Å²) in [7, 11) is 0.